The van der Waals surface area contributed by atoms with Gasteiger partial charge in [-0.15, -0.1) is 0 Å². The van der Waals surface area contributed by atoms with Crippen LogP contribution in [0.3, 0.4) is 0 Å². The first-order valence-electron chi connectivity index (χ1n) is 7.07. The molecule has 1 aromatic heterocycles. The van der Waals surface area contributed by atoms with Crippen molar-refractivity contribution in [2.24, 2.45) is 5.92 Å². The van der Waals surface area contributed by atoms with Gasteiger partial charge in [-0.05, 0) is 36.7 Å². The molecule has 21 heavy (non-hydrogen) atoms. The number of rotatable bonds is 6. The molecule has 4 nitrogen and oxygen atoms in total. The number of hydrogen-bond acceptors (Lipinski definition) is 4. The molecule has 112 valence electrons. The zero-order valence-corrected chi connectivity index (χ0v) is 12.7. The van der Waals surface area contributed by atoms with E-state index in [0.29, 0.717) is 12.5 Å². The van der Waals surface area contributed by atoms with Gasteiger partial charge < -0.3 is 10.2 Å². The highest BCUT2D eigenvalue weighted by molar-refractivity contribution is 5.58. The monoisotopic (exact) mass is 288 g/mol. The molecule has 0 saturated heterocycles. The molecule has 0 amide bonds. The number of nitrogens with one attached hydrogen (secondary N) is 1. The normalized spacial score (nSPS) is 10.9. The quantitative estimate of drug-likeness (QED) is 0.886. The molecule has 0 atom stereocenters. The highest BCUT2D eigenvalue weighted by Crippen LogP contribution is 2.21. The Hall–Kier alpha value is -2.01. The van der Waals surface area contributed by atoms with Crippen LogP contribution in [0, 0.1) is 11.7 Å². The number of aromatic nitrogens is 2. The van der Waals surface area contributed by atoms with Crippen LogP contribution in [0.4, 0.5) is 15.9 Å². The summed E-state index contributed by atoms with van der Waals surface area (Å²) in [7, 11) is 1.89. The molecule has 0 spiro atoms. The van der Waals surface area contributed by atoms with Crippen LogP contribution >= 0.6 is 0 Å². The Labute approximate surface area is 125 Å². The van der Waals surface area contributed by atoms with Crippen LogP contribution in [-0.4, -0.2) is 23.6 Å². The fraction of sp³-hybridized carbons (Fsp3) is 0.375. The summed E-state index contributed by atoms with van der Waals surface area (Å²) < 4.78 is 13.0. The van der Waals surface area contributed by atoms with Crippen molar-refractivity contribution in [3.8, 4) is 0 Å². The van der Waals surface area contributed by atoms with E-state index in [1.54, 1.807) is 24.5 Å². The molecule has 2 aromatic rings. The van der Waals surface area contributed by atoms with Crippen LogP contribution in [-0.2, 0) is 6.54 Å². The Bertz CT molecular complexity index is 569. The summed E-state index contributed by atoms with van der Waals surface area (Å²) in [6.45, 7) is 5.96. The minimum Gasteiger partial charge on any atom is -0.328 e. The lowest BCUT2D eigenvalue weighted by Crippen LogP contribution is -2.20. The van der Waals surface area contributed by atoms with E-state index < -0.39 is 0 Å². The Balaban J connectivity index is 2.07. The Morgan fingerprint density at radius 3 is 2.57 bits per heavy atom. The van der Waals surface area contributed by atoms with Crippen molar-refractivity contribution in [2.45, 2.75) is 20.4 Å². The molecule has 0 bridgehead atoms. The second kappa shape index (κ2) is 7.13. The van der Waals surface area contributed by atoms with E-state index in [9.17, 15) is 4.39 Å². The summed E-state index contributed by atoms with van der Waals surface area (Å²) in [6, 6.07) is 6.32. The molecule has 0 fully saturated rings. The smallest absolute Gasteiger partial charge is 0.151 e. The maximum absolute atomic E-state index is 13.0. The lowest BCUT2D eigenvalue weighted by atomic mass is 10.2. The van der Waals surface area contributed by atoms with Crippen molar-refractivity contribution in [2.75, 3.05) is 18.5 Å². The van der Waals surface area contributed by atoms with Gasteiger partial charge in [0.15, 0.2) is 5.82 Å². The standard InChI is InChI=1S/C16H21FN4/c1-12(2)8-18-9-14-10-19-11-16(20-14)21(3)15-6-4-13(17)5-7-15/h4-7,10-12,18H,8-9H2,1-3H3. The maximum atomic E-state index is 13.0. The molecule has 1 heterocycles. The Morgan fingerprint density at radius 1 is 1.19 bits per heavy atom. The van der Waals surface area contributed by atoms with Crippen molar-refractivity contribution in [3.63, 3.8) is 0 Å². The maximum Gasteiger partial charge on any atom is 0.151 e. The fourth-order valence-corrected chi connectivity index (χ4v) is 1.93. The van der Waals surface area contributed by atoms with E-state index in [1.165, 1.54) is 12.1 Å². The van der Waals surface area contributed by atoms with E-state index in [0.717, 1.165) is 23.7 Å². The van der Waals surface area contributed by atoms with Crippen LogP contribution in [0.5, 0.6) is 0 Å². The summed E-state index contributed by atoms with van der Waals surface area (Å²) in [6.07, 6.45) is 3.46. The van der Waals surface area contributed by atoms with E-state index in [1.807, 2.05) is 11.9 Å². The predicted molar refractivity (Wildman–Crippen MR) is 83.0 cm³/mol. The van der Waals surface area contributed by atoms with Gasteiger partial charge in [0.25, 0.3) is 0 Å². The van der Waals surface area contributed by atoms with Gasteiger partial charge in [0.2, 0.25) is 0 Å². The first-order valence-corrected chi connectivity index (χ1v) is 7.07. The number of nitrogens with zero attached hydrogens (tertiary/aromatic N) is 3. The summed E-state index contributed by atoms with van der Waals surface area (Å²) in [4.78, 5) is 10.7. The molecule has 1 N–H and O–H groups in total. The van der Waals surface area contributed by atoms with Crippen LogP contribution in [0.25, 0.3) is 0 Å². The average molecular weight is 288 g/mol. The van der Waals surface area contributed by atoms with Crippen LogP contribution in [0.15, 0.2) is 36.7 Å². The fourth-order valence-electron chi connectivity index (χ4n) is 1.93. The molecule has 0 unspecified atom stereocenters. The van der Waals surface area contributed by atoms with Gasteiger partial charge in [-0.25, -0.2) is 9.37 Å². The van der Waals surface area contributed by atoms with Gasteiger partial charge in [0.1, 0.15) is 5.82 Å². The summed E-state index contributed by atoms with van der Waals surface area (Å²) in [5.41, 5.74) is 1.76. The molecule has 2 rings (SSSR count). The molecular weight excluding hydrogens is 267 g/mol. The van der Waals surface area contributed by atoms with Crippen LogP contribution < -0.4 is 10.2 Å². The number of halogens is 1. The lowest BCUT2D eigenvalue weighted by molar-refractivity contribution is 0.547. The first-order chi connectivity index (χ1) is 10.1. The molecule has 0 saturated carbocycles. The highest BCUT2D eigenvalue weighted by Gasteiger charge is 2.07. The second-order valence-electron chi connectivity index (χ2n) is 5.43. The van der Waals surface area contributed by atoms with Crippen molar-refractivity contribution < 1.29 is 4.39 Å². The number of benzene rings is 1. The SMILES string of the molecule is CC(C)CNCc1cncc(N(C)c2ccc(F)cc2)n1. The molecule has 0 aliphatic carbocycles. The van der Waals surface area contributed by atoms with Gasteiger partial charge in [-0.2, -0.15) is 0 Å². The van der Waals surface area contributed by atoms with Crippen LogP contribution in [0.2, 0.25) is 0 Å². The molecule has 0 aliphatic heterocycles. The van der Waals surface area contributed by atoms with E-state index in [4.69, 9.17) is 0 Å². The molecule has 5 heteroatoms. The van der Waals surface area contributed by atoms with Crippen molar-refractivity contribution in [1.29, 1.82) is 0 Å². The Morgan fingerprint density at radius 2 is 1.90 bits per heavy atom. The van der Waals surface area contributed by atoms with Gasteiger partial charge in [0, 0.05) is 25.5 Å². The van der Waals surface area contributed by atoms with E-state index in [-0.39, 0.29) is 5.82 Å². The highest BCUT2D eigenvalue weighted by atomic mass is 19.1. The van der Waals surface area contributed by atoms with Gasteiger partial charge >= 0.3 is 0 Å². The molecule has 0 radical (unpaired) electrons. The van der Waals surface area contributed by atoms with Gasteiger partial charge in [-0.1, -0.05) is 13.8 Å². The van der Waals surface area contributed by atoms with Crippen molar-refractivity contribution in [3.05, 3.63) is 48.2 Å². The largest absolute Gasteiger partial charge is 0.328 e. The minimum absolute atomic E-state index is 0.245. The third kappa shape index (κ3) is 4.49. The lowest BCUT2D eigenvalue weighted by Gasteiger charge is -2.18. The zero-order chi connectivity index (χ0) is 15.2. The third-order valence-electron chi connectivity index (χ3n) is 3.09. The summed E-state index contributed by atoms with van der Waals surface area (Å²) in [5, 5.41) is 3.34. The third-order valence-corrected chi connectivity index (χ3v) is 3.09. The van der Waals surface area contributed by atoms with Crippen molar-refractivity contribution in [1.82, 2.24) is 15.3 Å². The van der Waals surface area contributed by atoms with Crippen LogP contribution in [0.1, 0.15) is 19.5 Å². The number of anilines is 2. The summed E-state index contributed by atoms with van der Waals surface area (Å²) >= 11 is 0. The van der Waals surface area contributed by atoms with Gasteiger partial charge in [-0.3, -0.25) is 4.98 Å². The predicted octanol–water partition coefficient (Wildman–Crippen LogP) is 3.13. The zero-order valence-electron chi connectivity index (χ0n) is 12.7. The Kier molecular flexibility index (Phi) is 5.22. The average Bonchev–Trinajstić information content (AvgIpc) is 2.47. The molecular formula is C16H21FN4. The van der Waals surface area contributed by atoms with Gasteiger partial charge in [0.05, 0.1) is 11.9 Å². The topological polar surface area (TPSA) is 41.1 Å². The second-order valence-corrected chi connectivity index (χ2v) is 5.43. The molecule has 0 aliphatic rings. The summed E-state index contributed by atoms with van der Waals surface area (Å²) in [5.74, 6) is 1.10. The first kappa shape index (κ1) is 15.4. The van der Waals surface area contributed by atoms with E-state index in [2.05, 4.69) is 29.1 Å². The molecule has 1 aromatic carbocycles. The minimum atomic E-state index is -0.245. The number of hydrogen-bond donors (Lipinski definition) is 1. The van der Waals surface area contributed by atoms with E-state index >= 15 is 0 Å². The van der Waals surface area contributed by atoms with Crippen molar-refractivity contribution >= 4 is 11.5 Å².